The van der Waals surface area contributed by atoms with E-state index in [1.807, 2.05) is 0 Å². The van der Waals surface area contributed by atoms with Crippen molar-refractivity contribution in [3.8, 4) is 0 Å². The quantitative estimate of drug-likeness (QED) is 0.764. The Labute approximate surface area is 111 Å². The lowest BCUT2D eigenvalue weighted by atomic mass is 10.2. The fourth-order valence-electron chi connectivity index (χ4n) is 1.72. The van der Waals surface area contributed by atoms with E-state index in [1.165, 1.54) is 0 Å². The number of nitrogens with zero attached hydrogens (tertiary/aromatic N) is 1. The summed E-state index contributed by atoms with van der Waals surface area (Å²) in [5, 5.41) is 0. The number of nitrogens with two attached hydrogens (primary N) is 1. The van der Waals surface area contributed by atoms with Crippen molar-refractivity contribution in [3.05, 3.63) is 24.0 Å². The molecule has 0 bridgehead atoms. The van der Waals surface area contributed by atoms with E-state index < -0.39 is 30.6 Å². The van der Waals surface area contributed by atoms with E-state index in [4.69, 9.17) is 5.73 Å². The van der Waals surface area contributed by atoms with Crippen LogP contribution in [0.3, 0.4) is 0 Å². The molecule has 106 valence electrons. The number of hydrogen-bond donors (Lipinski definition) is 1. The molecule has 0 spiro atoms. The van der Waals surface area contributed by atoms with E-state index in [0.717, 1.165) is 28.8 Å². The lowest BCUT2D eigenvalue weighted by molar-refractivity contribution is 0.264. The smallest absolute Gasteiger partial charge is 0.246 e. The van der Waals surface area contributed by atoms with Crippen molar-refractivity contribution in [1.29, 1.82) is 0 Å². The number of sulfone groups is 1. The van der Waals surface area contributed by atoms with Crippen LogP contribution in [0.2, 0.25) is 0 Å². The molecule has 0 atom stereocenters. The minimum atomic E-state index is -4.03. The molecule has 1 fully saturated rings. The summed E-state index contributed by atoms with van der Waals surface area (Å²) in [5.41, 5.74) is 5.49. The van der Waals surface area contributed by atoms with Crippen molar-refractivity contribution in [2.75, 3.05) is 19.3 Å². The van der Waals surface area contributed by atoms with Gasteiger partial charge in [-0.25, -0.2) is 21.2 Å². The number of halogens is 1. The van der Waals surface area contributed by atoms with Gasteiger partial charge >= 0.3 is 0 Å². The van der Waals surface area contributed by atoms with Gasteiger partial charge in [0.25, 0.3) is 0 Å². The molecule has 1 aromatic carbocycles. The lowest BCUT2D eigenvalue weighted by Crippen LogP contribution is -2.57. The van der Waals surface area contributed by atoms with Gasteiger partial charge in [-0.3, -0.25) is 0 Å². The van der Waals surface area contributed by atoms with Crippen molar-refractivity contribution >= 4 is 19.9 Å². The largest absolute Gasteiger partial charge is 0.325 e. The molecule has 1 aliphatic rings. The summed E-state index contributed by atoms with van der Waals surface area (Å²) in [4.78, 5) is -0.875. The second kappa shape index (κ2) is 4.51. The van der Waals surface area contributed by atoms with Gasteiger partial charge in [-0.05, 0) is 18.2 Å². The van der Waals surface area contributed by atoms with Crippen molar-refractivity contribution in [2.45, 2.75) is 15.8 Å². The minimum absolute atomic E-state index is 0.102. The summed E-state index contributed by atoms with van der Waals surface area (Å²) >= 11 is 0. The first-order chi connectivity index (χ1) is 8.62. The molecule has 0 aliphatic carbocycles. The average Bonchev–Trinajstić information content (AvgIpc) is 2.23. The summed E-state index contributed by atoms with van der Waals surface area (Å²) in [6, 6.07) is 2.44. The third-order valence-electron chi connectivity index (χ3n) is 2.82. The highest BCUT2D eigenvalue weighted by Gasteiger charge is 2.36. The zero-order valence-electron chi connectivity index (χ0n) is 10.1. The molecule has 9 heteroatoms. The van der Waals surface area contributed by atoms with Gasteiger partial charge in [0, 0.05) is 25.4 Å². The Morgan fingerprint density at radius 1 is 1.26 bits per heavy atom. The molecule has 6 nitrogen and oxygen atoms in total. The van der Waals surface area contributed by atoms with Crippen LogP contribution in [0.1, 0.15) is 0 Å². The Hall–Kier alpha value is -1.03. The molecule has 0 aromatic heterocycles. The van der Waals surface area contributed by atoms with Crippen LogP contribution in [0.25, 0.3) is 0 Å². The molecule has 1 saturated heterocycles. The third kappa shape index (κ3) is 2.64. The number of rotatable bonds is 3. The fraction of sp³-hybridized carbons (Fsp3) is 0.400. The summed E-state index contributed by atoms with van der Waals surface area (Å²) in [6.07, 6.45) is 0.927. The van der Waals surface area contributed by atoms with Gasteiger partial charge in [0.1, 0.15) is 10.7 Å². The van der Waals surface area contributed by atoms with E-state index >= 15 is 0 Å². The van der Waals surface area contributed by atoms with E-state index in [1.54, 1.807) is 0 Å². The standard InChI is InChI=1S/C10H13FN2O4S2/c1-18(14,15)8-2-3-9(11)10(4-8)19(16,17)13-5-7(12)6-13/h2-4,7H,5-6,12H2,1H3. The van der Waals surface area contributed by atoms with E-state index in [2.05, 4.69) is 0 Å². The topological polar surface area (TPSA) is 97.5 Å². The van der Waals surface area contributed by atoms with Crippen molar-refractivity contribution in [1.82, 2.24) is 4.31 Å². The third-order valence-corrected chi connectivity index (χ3v) is 5.78. The van der Waals surface area contributed by atoms with E-state index in [9.17, 15) is 21.2 Å². The molecule has 0 saturated carbocycles. The Balaban J connectivity index is 2.50. The maximum atomic E-state index is 13.6. The van der Waals surface area contributed by atoms with Crippen LogP contribution in [-0.2, 0) is 19.9 Å². The molecule has 0 unspecified atom stereocenters. The van der Waals surface area contributed by atoms with Crippen LogP contribution >= 0.6 is 0 Å². The normalized spacial score (nSPS) is 18.3. The Kier molecular flexibility index (Phi) is 3.42. The summed E-state index contributed by atoms with van der Waals surface area (Å²) in [6.45, 7) is 0.204. The molecule has 19 heavy (non-hydrogen) atoms. The average molecular weight is 308 g/mol. The number of sulfonamides is 1. The maximum Gasteiger partial charge on any atom is 0.246 e. The van der Waals surface area contributed by atoms with Gasteiger partial charge in [-0.2, -0.15) is 4.31 Å². The van der Waals surface area contributed by atoms with Crippen molar-refractivity contribution in [3.63, 3.8) is 0 Å². The molecule has 0 amide bonds. The Morgan fingerprint density at radius 3 is 2.32 bits per heavy atom. The second-order valence-electron chi connectivity index (χ2n) is 4.45. The summed E-state index contributed by atoms with van der Waals surface area (Å²) in [7, 11) is -7.64. The van der Waals surface area contributed by atoms with Gasteiger partial charge in [0.05, 0.1) is 4.90 Å². The predicted molar refractivity (Wildman–Crippen MR) is 66.2 cm³/mol. The Bertz CT molecular complexity index is 709. The fourth-order valence-corrected chi connectivity index (χ4v) is 4.08. The van der Waals surface area contributed by atoms with Crippen LogP contribution in [0.4, 0.5) is 4.39 Å². The molecule has 1 aliphatic heterocycles. The molecule has 2 N–H and O–H groups in total. The van der Waals surface area contributed by atoms with Gasteiger partial charge in [-0.15, -0.1) is 0 Å². The van der Waals surface area contributed by atoms with Crippen LogP contribution in [0.5, 0.6) is 0 Å². The minimum Gasteiger partial charge on any atom is -0.325 e. The zero-order valence-corrected chi connectivity index (χ0v) is 11.7. The highest BCUT2D eigenvalue weighted by Crippen LogP contribution is 2.25. The first kappa shape index (κ1) is 14.4. The predicted octanol–water partition coefficient (Wildman–Crippen LogP) is -0.439. The monoisotopic (exact) mass is 308 g/mol. The van der Waals surface area contributed by atoms with Crippen LogP contribution in [0, 0.1) is 5.82 Å². The van der Waals surface area contributed by atoms with Crippen LogP contribution < -0.4 is 5.73 Å². The van der Waals surface area contributed by atoms with Gasteiger partial charge in [-0.1, -0.05) is 0 Å². The first-order valence-electron chi connectivity index (χ1n) is 5.38. The first-order valence-corrected chi connectivity index (χ1v) is 8.71. The van der Waals surface area contributed by atoms with Crippen LogP contribution in [-0.4, -0.2) is 46.5 Å². The van der Waals surface area contributed by atoms with E-state index in [-0.39, 0.29) is 24.0 Å². The molecule has 1 heterocycles. The highest BCUT2D eigenvalue weighted by molar-refractivity contribution is 7.91. The highest BCUT2D eigenvalue weighted by atomic mass is 32.2. The SMILES string of the molecule is CS(=O)(=O)c1ccc(F)c(S(=O)(=O)N2CC(N)C2)c1. The Morgan fingerprint density at radius 2 is 1.84 bits per heavy atom. The number of hydrogen-bond acceptors (Lipinski definition) is 5. The van der Waals surface area contributed by atoms with Gasteiger partial charge in [0.15, 0.2) is 9.84 Å². The van der Waals surface area contributed by atoms with Gasteiger partial charge in [0.2, 0.25) is 10.0 Å². The lowest BCUT2D eigenvalue weighted by Gasteiger charge is -2.35. The summed E-state index contributed by atoms with van der Waals surface area (Å²) < 4.78 is 61.6. The van der Waals surface area contributed by atoms with E-state index in [0.29, 0.717) is 0 Å². The molecule has 2 rings (SSSR count). The van der Waals surface area contributed by atoms with Crippen molar-refractivity contribution < 1.29 is 21.2 Å². The molecule has 0 radical (unpaired) electrons. The maximum absolute atomic E-state index is 13.6. The molecular formula is C10H13FN2O4S2. The van der Waals surface area contributed by atoms with Gasteiger partial charge < -0.3 is 5.73 Å². The second-order valence-corrected chi connectivity index (χ2v) is 8.37. The van der Waals surface area contributed by atoms with Crippen molar-refractivity contribution in [2.24, 2.45) is 5.73 Å². The number of benzene rings is 1. The molecular weight excluding hydrogens is 295 g/mol. The summed E-state index contributed by atoms with van der Waals surface area (Å²) in [5.74, 6) is -0.979. The van der Waals surface area contributed by atoms with Crippen LogP contribution in [0.15, 0.2) is 28.0 Å². The molecule has 1 aromatic rings. The zero-order chi connectivity index (χ0) is 14.4.